The number of hydrogen-bond acceptors (Lipinski definition) is 5. The first-order valence-electron chi connectivity index (χ1n) is 8.32. The van der Waals surface area contributed by atoms with Gasteiger partial charge >= 0.3 is 0 Å². The first-order chi connectivity index (χ1) is 12.3. The third-order valence-corrected chi connectivity index (χ3v) is 4.46. The normalized spacial score (nSPS) is 18.4. The molecule has 1 aromatic carbocycles. The summed E-state index contributed by atoms with van der Waals surface area (Å²) in [6.07, 6.45) is 5.43. The van der Waals surface area contributed by atoms with Crippen LogP contribution in [-0.4, -0.2) is 51.7 Å². The van der Waals surface area contributed by atoms with E-state index in [1.807, 2.05) is 36.7 Å². The van der Waals surface area contributed by atoms with Crippen molar-refractivity contribution in [3.63, 3.8) is 0 Å². The highest BCUT2D eigenvalue weighted by atomic mass is 16.5. The molecule has 1 aliphatic rings. The molecule has 0 saturated carbocycles. The van der Waals surface area contributed by atoms with Crippen LogP contribution >= 0.6 is 0 Å². The second-order valence-electron chi connectivity index (χ2n) is 6.05. The number of benzene rings is 1. The van der Waals surface area contributed by atoms with Crippen LogP contribution in [0.2, 0.25) is 0 Å². The molecule has 2 N–H and O–H groups in total. The van der Waals surface area contributed by atoms with Gasteiger partial charge in [0.1, 0.15) is 11.6 Å². The second-order valence-corrected chi connectivity index (χ2v) is 6.05. The number of imidazole rings is 2. The Bertz CT molecular complexity index is 815. The summed E-state index contributed by atoms with van der Waals surface area (Å²) in [7, 11) is 1.67. The molecular formula is C18H21N5O2. The van der Waals surface area contributed by atoms with Gasteiger partial charge in [0, 0.05) is 30.5 Å². The molecule has 2 aromatic heterocycles. The molecule has 3 aromatic rings. The van der Waals surface area contributed by atoms with Gasteiger partial charge in [0.2, 0.25) is 0 Å². The summed E-state index contributed by atoms with van der Waals surface area (Å²) >= 11 is 0. The molecule has 130 valence electrons. The van der Waals surface area contributed by atoms with E-state index in [9.17, 15) is 0 Å². The molecule has 4 rings (SSSR count). The average molecular weight is 339 g/mol. The summed E-state index contributed by atoms with van der Waals surface area (Å²) in [4.78, 5) is 17.7. The van der Waals surface area contributed by atoms with Crippen LogP contribution in [0.25, 0.3) is 11.3 Å². The predicted molar refractivity (Wildman–Crippen MR) is 93.1 cm³/mol. The quantitative estimate of drug-likeness (QED) is 0.746. The highest BCUT2D eigenvalue weighted by Crippen LogP contribution is 2.27. The third-order valence-electron chi connectivity index (χ3n) is 4.46. The van der Waals surface area contributed by atoms with Crippen LogP contribution in [-0.2, 0) is 11.3 Å². The molecule has 1 saturated heterocycles. The van der Waals surface area contributed by atoms with Gasteiger partial charge in [0.05, 0.1) is 44.6 Å². The standard InChI is InChI=1S/C18H21N5O2/c1-24-15-4-2-3-13(7-15)16-9-20-18(22-16)17-11-25-6-5-23(17)10-14-8-19-12-21-14/h2-4,7-9,12,17H,5-6,10-11H2,1H3,(H,19,21)(H,20,22). The Morgan fingerprint density at radius 3 is 3.16 bits per heavy atom. The van der Waals surface area contributed by atoms with E-state index in [0.717, 1.165) is 48.2 Å². The third kappa shape index (κ3) is 3.42. The maximum atomic E-state index is 5.69. The summed E-state index contributed by atoms with van der Waals surface area (Å²) in [6, 6.07) is 8.04. The van der Waals surface area contributed by atoms with Crippen molar-refractivity contribution in [1.82, 2.24) is 24.8 Å². The van der Waals surface area contributed by atoms with Crippen molar-refractivity contribution in [3.8, 4) is 17.0 Å². The smallest absolute Gasteiger partial charge is 0.126 e. The monoisotopic (exact) mass is 339 g/mol. The predicted octanol–water partition coefficient (Wildman–Crippen LogP) is 2.38. The molecule has 1 aliphatic heterocycles. The zero-order chi connectivity index (χ0) is 17.1. The van der Waals surface area contributed by atoms with Crippen LogP contribution in [0.4, 0.5) is 0 Å². The lowest BCUT2D eigenvalue weighted by Gasteiger charge is -2.33. The van der Waals surface area contributed by atoms with E-state index >= 15 is 0 Å². The summed E-state index contributed by atoms with van der Waals surface area (Å²) in [5, 5.41) is 0. The zero-order valence-corrected chi connectivity index (χ0v) is 14.1. The molecule has 7 heteroatoms. The Morgan fingerprint density at radius 2 is 2.32 bits per heavy atom. The van der Waals surface area contributed by atoms with Crippen molar-refractivity contribution in [2.24, 2.45) is 0 Å². The fraction of sp³-hybridized carbons (Fsp3) is 0.333. The van der Waals surface area contributed by atoms with E-state index in [1.54, 1.807) is 13.4 Å². The van der Waals surface area contributed by atoms with E-state index in [4.69, 9.17) is 9.47 Å². The topological polar surface area (TPSA) is 79.1 Å². The first-order valence-corrected chi connectivity index (χ1v) is 8.32. The number of methoxy groups -OCH3 is 1. The lowest BCUT2D eigenvalue weighted by molar-refractivity contribution is -0.0161. The number of aromatic nitrogens is 4. The Morgan fingerprint density at radius 1 is 1.36 bits per heavy atom. The van der Waals surface area contributed by atoms with Gasteiger partial charge in [-0.05, 0) is 12.1 Å². The lowest BCUT2D eigenvalue weighted by atomic mass is 10.1. The van der Waals surface area contributed by atoms with Crippen LogP contribution in [0.15, 0.2) is 43.0 Å². The second kappa shape index (κ2) is 7.08. The van der Waals surface area contributed by atoms with Gasteiger partial charge in [0.25, 0.3) is 0 Å². The zero-order valence-electron chi connectivity index (χ0n) is 14.1. The maximum Gasteiger partial charge on any atom is 0.126 e. The highest BCUT2D eigenvalue weighted by Gasteiger charge is 2.27. The van der Waals surface area contributed by atoms with Gasteiger partial charge in [-0.15, -0.1) is 0 Å². The number of aromatic amines is 2. The van der Waals surface area contributed by atoms with E-state index in [2.05, 4.69) is 24.8 Å². The van der Waals surface area contributed by atoms with Gasteiger partial charge in [-0.1, -0.05) is 12.1 Å². The van der Waals surface area contributed by atoms with Gasteiger partial charge in [-0.2, -0.15) is 0 Å². The minimum Gasteiger partial charge on any atom is -0.497 e. The Labute approximate surface area is 146 Å². The molecule has 0 aliphatic carbocycles. The van der Waals surface area contributed by atoms with Gasteiger partial charge in [-0.3, -0.25) is 4.90 Å². The molecule has 1 unspecified atom stereocenters. The number of rotatable bonds is 5. The van der Waals surface area contributed by atoms with E-state index < -0.39 is 0 Å². The van der Waals surface area contributed by atoms with Gasteiger partial charge in [0.15, 0.2) is 0 Å². The molecule has 1 fully saturated rings. The summed E-state index contributed by atoms with van der Waals surface area (Å²) in [5.74, 6) is 1.74. The first kappa shape index (κ1) is 15.9. The van der Waals surface area contributed by atoms with E-state index in [1.165, 1.54) is 0 Å². The van der Waals surface area contributed by atoms with Crippen LogP contribution < -0.4 is 4.74 Å². The summed E-state index contributed by atoms with van der Waals surface area (Å²) in [6.45, 7) is 3.01. The van der Waals surface area contributed by atoms with Gasteiger partial charge < -0.3 is 19.4 Å². The highest BCUT2D eigenvalue weighted by molar-refractivity contribution is 5.60. The van der Waals surface area contributed by atoms with Crippen LogP contribution in [0.3, 0.4) is 0 Å². The lowest BCUT2D eigenvalue weighted by Crippen LogP contribution is -2.39. The molecule has 0 spiro atoms. The van der Waals surface area contributed by atoms with Gasteiger partial charge in [-0.25, -0.2) is 9.97 Å². The van der Waals surface area contributed by atoms with Crippen LogP contribution in [0.5, 0.6) is 5.75 Å². The average Bonchev–Trinajstić information content (AvgIpc) is 3.34. The molecule has 25 heavy (non-hydrogen) atoms. The summed E-state index contributed by atoms with van der Waals surface area (Å²) < 4.78 is 11.0. The molecule has 7 nitrogen and oxygen atoms in total. The number of nitrogens with one attached hydrogen (secondary N) is 2. The van der Waals surface area contributed by atoms with Crippen LogP contribution in [0, 0.1) is 0 Å². The fourth-order valence-corrected chi connectivity index (χ4v) is 3.11. The number of nitrogens with zero attached hydrogens (tertiary/aromatic N) is 3. The maximum absolute atomic E-state index is 5.69. The number of morpholine rings is 1. The molecule has 0 bridgehead atoms. The Balaban J connectivity index is 1.56. The van der Waals surface area contributed by atoms with Crippen molar-refractivity contribution >= 4 is 0 Å². The van der Waals surface area contributed by atoms with E-state index in [0.29, 0.717) is 6.61 Å². The molecule has 3 heterocycles. The Hall–Kier alpha value is -2.64. The van der Waals surface area contributed by atoms with Crippen molar-refractivity contribution in [2.45, 2.75) is 12.6 Å². The number of ether oxygens (including phenoxy) is 2. The number of hydrogen-bond donors (Lipinski definition) is 2. The van der Waals surface area contributed by atoms with Crippen molar-refractivity contribution in [2.75, 3.05) is 26.9 Å². The molecule has 1 atom stereocenters. The summed E-state index contributed by atoms with van der Waals surface area (Å²) in [5.41, 5.74) is 3.11. The number of H-pyrrole nitrogens is 2. The fourth-order valence-electron chi connectivity index (χ4n) is 3.11. The Kier molecular flexibility index (Phi) is 4.49. The minimum absolute atomic E-state index is 0.0939. The minimum atomic E-state index is 0.0939. The SMILES string of the molecule is COc1cccc(-c2cnc(C3COCCN3Cc3cnc[nH]3)[nH]2)c1. The largest absolute Gasteiger partial charge is 0.497 e. The molecule has 0 radical (unpaired) electrons. The van der Waals surface area contributed by atoms with Crippen molar-refractivity contribution in [3.05, 3.63) is 54.5 Å². The van der Waals surface area contributed by atoms with Crippen LogP contribution in [0.1, 0.15) is 17.6 Å². The van der Waals surface area contributed by atoms with E-state index in [-0.39, 0.29) is 6.04 Å². The molecule has 0 amide bonds. The molecular weight excluding hydrogens is 318 g/mol. The van der Waals surface area contributed by atoms with Crippen molar-refractivity contribution < 1.29 is 9.47 Å². The van der Waals surface area contributed by atoms with Crippen molar-refractivity contribution in [1.29, 1.82) is 0 Å².